The van der Waals surface area contributed by atoms with Gasteiger partial charge >= 0.3 is 0 Å². The summed E-state index contributed by atoms with van der Waals surface area (Å²) in [6.07, 6.45) is 0. The zero-order valence-electron chi connectivity index (χ0n) is 7.83. The van der Waals surface area contributed by atoms with E-state index in [4.69, 9.17) is 0 Å². The first kappa shape index (κ1) is 9.22. The molecule has 1 nitrogen and oxygen atoms in total. The van der Waals surface area contributed by atoms with Crippen LogP contribution in [0.3, 0.4) is 0 Å². The summed E-state index contributed by atoms with van der Waals surface area (Å²) in [7, 11) is 0. The van der Waals surface area contributed by atoms with Crippen molar-refractivity contribution in [2.75, 3.05) is 13.1 Å². The van der Waals surface area contributed by atoms with Gasteiger partial charge in [0.15, 0.2) is 0 Å². The van der Waals surface area contributed by atoms with Crippen molar-refractivity contribution in [3.05, 3.63) is 34.3 Å². The van der Waals surface area contributed by atoms with Crippen LogP contribution in [0.4, 0.5) is 0 Å². The maximum atomic E-state index is 3.49. The standard InChI is InChI=1S/C11H14BrN/c1-9-6-13(7-9)8-10-3-2-4-11(12)5-10/h2-5,9H,6-8H2,1H3. The van der Waals surface area contributed by atoms with Gasteiger partial charge < -0.3 is 0 Å². The summed E-state index contributed by atoms with van der Waals surface area (Å²) in [6, 6.07) is 8.56. The minimum absolute atomic E-state index is 0.896. The summed E-state index contributed by atoms with van der Waals surface area (Å²) in [5.41, 5.74) is 1.40. The van der Waals surface area contributed by atoms with Crippen LogP contribution >= 0.6 is 15.9 Å². The Balaban J connectivity index is 1.94. The van der Waals surface area contributed by atoms with Crippen molar-refractivity contribution >= 4 is 15.9 Å². The minimum atomic E-state index is 0.896. The van der Waals surface area contributed by atoms with Crippen LogP contribution in [0.25, 0.3) is 0 Å². The second-order valence-electron chi connectivity index (χ2n) is 3.93. The van der Waals surface area contributed by atoms with E-state index >= 15 is 0 Å². The number of likely N-dealkylation sites (tertiary alicyclic amines) is 1. The summed E-state index contributed by atoms with van der Waals surface area (Å²) in [4.78, 5) is 2.48. The van der Waals surface area contributed by atoms with Crippen LogP contribution < -0.4 is 0 Å². The monoisotopic (exact) mass is 239 g/mol. The fourth-order valence-electron chi connectivity index (χ4n) is 1.85. The Kier molecular flexibility index (Phi) is 2.70. The van der Waals surface area contributed by atoms with Crippen LogP contribution in [0.1, 0.15) is 12.5 Å². The van der Waals surface area contributed by atoms with E-state index in [1.54, 1.807) is 0 Å². The maximum Gasteiger partial charge on any atom is 0.0234 e. The Morgan fingerprint density at radius 2 is 2.23 bits per heavy atom. The lowest BCUT2D eigenvalue weighted by atomic mass is 10.0. The van der Waals surface area contributed by atoms with E-state index in [1.165, 1.54) is 23.1 Å². The smallest absolute Gasteiger partial charge is 0.0234 e. The Bertz CT molecular complexity index is 292. The molecular formula is C11H14BrN. The molecule has 2 heteroatoms. The van der Waals surface area contributed by atoms with Crippen molar-refractivity contribution < 1.29 is 0 Å². The molecule has 1 heterocycles. The number of rotatable bonds is 2. The number of hydrogen-bond donors (Lipinski definition) is 0. The predicted octanol–water partition coefficient (Wildman–Crippen LogP) is 2.90. The van der Waals surface area contributed by atoms with E-state index in [0.29, 0.717) is 0 Å². The van der Waals surface area contributed by atoms with Gasteiger partial charge in [0.2, 0.25) is 0 Å². The Labute approximate surface area is 87.9 Å². The summed E-state index contributed by atoms with van der Waals surface area (Å²) in [5, 5.41) is 0. The predicted molar refractivity (Wildman–Crippen MR) is 58.6 cm³/mol. The van der Waals surface area contributed by atoms with Gasteiger partial charge in [-0.3, -0.25) is 4.90 Å². The molecule has 0 atom stereocenters. The molecule has 1 saturated heterocycles. The van der Waals surface area contributed by atoms with E-state index in [2.05, 4.69) is 52.0 Å². The number of hydrogen-bond acceptors (Lipinski definition) is 1. The molecule has 0 unspecified atom stereocenters. The van der Waals surface area contributed by atoms with Gasteiger partial charge in [-0.15, -0.1) is 0 Å². The Morgan fingerprint density at radius 1 is 1.46 bits per heavy atom. The lowest BCUT2D eigenvalue weighted by Gasteiger charge is -2.37. The normalized spacial score (nSPS) is 18.6. The van der Waals surface area contributed by atoms with Gasteiger partial charge in [-0.05, 0) is 23.6 Å². The van der Waals surface area contributed by atoms with E-state index in [9.17, 15) is 0 Å². The van der Waals surface area contributed by atoms with Gasteiger partial charge in [-0.1, -0.05) is 35.0 Å². The maximum absolute atomic E-state index is 3.49. The number of benzene rings is 1. The quantitative estimate of drug-likeness (QED) is 0.768. The minimum Gasteiger partial charge on any atom is -0.298 e. The van der Waals surface area contributed by atoms with Crippen molar-refractivity contribution in [1.29, 1.82) is 0 Å². The third-order valence-electron chi connectivity index (χ3n) is 2.43. The zero-order chi connectivity index (χ0) is 9.26. The third-order valence-corrected chi connectivity index (χ3v) is 2.93. The van der Waals surface area contributed by atoms with Crippen molar-refractivity contribution in [2.45, 2.75) is 13.5 Å². The molecule has 1 aromatic carbocycles. The molecule has 0 bridgehead atoms. The van der Waals surface area contributed by atoms with Crippen LogP contribution in [0.2, 0.25) is 0 Å². The molecule has 1 aliphatic heterocycles. The molecular weight excluding hydrogens is 226 g/mol. The zero-order valence-corrected chi connectivity index (χ0v) is 9.42. The largest absolute Gasteiger partial charge is 0.298 e. The lowest BCUT2D eigenvalue weighted by molar-refractivity contribution is 0.105. The summed E-state index contributed by atoms with van der Waals surface area (Å²) in [5.74, 6) is 0.896. The van der Waals surface area contributed by atoms with Crippen LogP contribution in [-0.2, 0) is 6.54 Å². The fourth-order valence-corrected chi connectivity index (χ4v) is 2.30. The van der Waals surface area contributed by atoms with E-state index < -0.39 is 0 Å². The molecule has 1 aromatic rings. The van der Waals surface area contributed by atoms with Gasteiger partial charge in [0.25, 0.3) is 0 Å². The SMILES string of the molecule is CC1CN(Cc2cccc(Br)c2)C1. The molecule has 1 fully saturated rings. The lowest BCUT2D eigenvalue weighted by Crippen LogP contribution is -2.44. The van der Waals surface area contributed by atoms with Crippen LogP contribution in [-0.4, -0.2) is 18.0 Å². The highest BCUT2D eigenvalue weighted by Gasteiger charge is 2.21. The molecule has 0 amide bonds. The van der Waals surface area contributed by atoms with Crippen molar-refractivity contribution in [2.24, 2.45) is 5.92 Å². The van der Waals surface area contributed by atoms with E-state index in [0.717, 1.165) is 12.5 Å². The highest BCUT2D eigenvalue weighted by Crippen LogP contribution is 2.19. The van der Waals surface area contributed by atoms with E-state index in [-0.39, 0.29) is 0 Å². The molecule has 0 spiro atoms. The number of nitrogens with zero attached hydrogens (tertiary/aromatic N) is 1. The van der Waals surface area contributed by atoms with Crippen LogP contribution in [0, 0.1) is 5.92 Å². The summed E-state index contributed by atoms with van der Waals surface area (Å²) in [6.45, 7) is 5.92. The topological polar surface area (TPSA) is 3.24 Å². The first-order valence-electron chi connectivity index (χ1n) is 4.71. The molecule has 0 N–H and O–H groups in total. The average Bonchev–Trinajstić information content (AvgIpc) is 2.01. The highest BCUT2D eigenvalue weighted by atomic mass is 79.9. The molecule has 1 aliphatic rings. The summed E-state index contributed by atoms with van der Waals surface area (Å²) < 4.78 is 1.18. The summed E-state index contributed by atoms with van der Waals surface area (Å²) >= 11 is 3.49. The van der Waals surface area contributed by atoms with Crippen molar-refractivity contribution in [1.82, 2.24) is 4.90 Å². The molecule has 0 saturated carbocycles. The van der Waals surface area contributed by atoms with Gasteiger partial charge in [0.1, 0.15) is 0 Å². The van der Waals surface area contributed by atoms with Crippen LogP contribution in [0.5, 0.6) is 0 Å². The highest BCUT2D eigenvalue weighted by molar-refractivity contribution is 9.10. The van der Waals surface area contributed by atoms with Crippen LogP contribution in [0.15, 0.2) is 28.7 Å². The van der Waals surface area contributed by atoms with Crippen molar-refractivity contribution in [3.8, 4) is 0 Å². The van der Waals surface area contributed by atoms with Gasteiger partial charge in [-0.25, -0.2) is 0 Å². The van der Waals surface area contributed by atoms with Gasteiger partial charge in [0, 0.05) is 24.1 Å². The molecule has 70 valence electrons. The molecule has 13 heavy (non-hydrogen) atoms. The second kappa shape index (κ2) is 3.81. The van der Waals surface area contributed by atoms with Crippen molar-refractivity contribution in [3.63, 3.8) is 0 Å². The fraction of sp³-hybridized carbons (Fsp3) is 0.455. The number of halogens is 1. The average molecular weight is 240 g/mol. The van der Waals surface area contributed by atoms with E-state index in [1.807, 2.05) is 0 Å². The molecule has 0 aromatic heterocycles. The van der Waals surface area contributed by atoms with Gasteiger partial charge in [0.05, 0.1) is 0 Å². The Hall–Kier alpha value is -0.340. The molecule has 0 aliphatic carbocycles. The molecule has 2 rings (SSSR count). The van der Waals surface area contributed by atoms with Gasteiger partial charge in [-0.2, -0.15) is 0 Å². The first-order valence-corrected chi connectivity index (χ1v) is 5.50. The second-order valence-corrected chi connectivity index (χ2v) is 4.84. The molecule has 0 radical (unpaired) electrons. The third kappa shape index (κ3) is 2.32. The Morgan fingerprint density at radius 3 is 2.85 bits per heavy atom. The first-order chi connectivity index (χ1) is 6.24.